The van der Waals surface area contributed by atoms with Crippen molar-refractivity contribution in [2.24, 2.45) is 0 Å². The first-order valence-electron chi connectivity index (χ1n) is 10.3. The van der Waals surface area contributed by atoms with Gasteiger partial charge in [0.2, 0.25) is 6.34 Å². The van der Waals surface area contributed by atoms with Gasteiger partial charge in [-0.05, 0) is 61.1 Å². The molecule has 2 aromatic rings. The Morgan fingerprint density at radius 1 is 0.742 bits per heavy atom. The van der Waals surface area contributed by atoms with Crippen LogP contribution in [0.25, 0.3) is 0 Å². The summed E-state index contributed by atoms with van der Waals surface area (Å²) in [5, 5.41) is 0. The van der Waals surface area contributed by atoms with Crippen molar-refractivity contribution in [3.63, 3.8) is 0 Å². The molecule has 2 atom stereocenters. The largest absolute Gasteiger partial charge is 0.416 e. The van der Waals surface area contributed by atoms with Gasteiger partial charge in [0.15, 0.2) is 0 Å². The fraction of sp³-hybridized carbons (Fsp3) is 0.435. The molecule has 0 amide bonds. The van der Waals surface area contributed by atoms with E-state index in [0.29, 0.717) is 13.1 Å². The van der Waals surface area contributed by atoms with Crippen molar-refractivity contribution in [1.29, 1.82) is 0 Å². The zero-order valence-corrected chi connectivity index (χ0v) is 16.8. The van der Waals surface area contributed by atoms with E-state index in [1.54, 1.807) is 0 Å². The molecule has 0 saturated heterocycles. The van der Waals surface area contributed by atoms with Crippen molar-refractivity contribution < 1.29 is 30.9 Å². The maximum atomic E-state index is 12.8. The Morgan fingerprint density at radius 3 is 1.81 bits per heavy atom. The molecule has 2 aromatic carbocycles. The van der Waals surface area contributed by atoms with Gasteiger partial charge in [-0.3, -0.25) is 9.48 Å². The summed E-state index contributed by atoms with van der Waals surface area (Å²) < 4.78 is 79.0. The van der Waals surface area contributed by atoms with E-state index >= 15 is 0 Å². The molecule has 166 valence electrons. The lowest BCUT2D eigenvalue weighted by atomic mass is 9.89. The van der Waals surface area contributed by atoms with E-state index in [0.717, 1.165) is 61.1 Å². The molecule has 1 saturated carbocycles. The molecule has 1 fully saturated rings. The van der Waals surface area contributed by atoms with Crippen molar-refractivity contribution in [1.82, 2.24) is 4.90 Å². The highest BCUT2D eigenvalue weighted by Crippen LogP contribution is 2.33. The van der Waals surface area contributed by atoms with Crippen molar-refractivity contribution in [2.45, 2.75) is 63.2 Å². The lowest BCUT2D eigenvalue weighted by Gasteiger charge is -2.27. The molecule has 1 aliphatic carbocycles. The number of nitrogens with zero attached hydrogens (tertiary/aromatic N) is 2. The summed E-state index contributed by atoms with van der Waals surface area (Å²) in [5.41, 5.74) is 0.261. The molecule has 4 rings (SSSR count). The van der Waals surface area contributed by atoms with Crippen LogP contribution in [0.4, 0.5) is 26.3 Å². The molecule has 0 unspecified atom stereocenters. The quantitative estimate of drug-likeness (QED) is 0.411. The minimum Gasteiger partial charge on any atom is -0.257 e. The number of fused-ring (bicyclic) bond motifs is 1. The van der Waals surface area contributed by atoms with Crippen molar-refractivity contribution >= 4 is 6.34 Å². The third-order valence-electron chi connectivity index (χ3n) is 6.14. The summed E-state index contributed by atoms with van der Waals surface area (Å²) in [7, 11) is 0. The van der Waals surface area contributed by atoms with Crippen LogP contribution in [-0.2, 0) is 25.4 Å². The van der Waals surface area contributed by atoms with E-state index in [-0.39, 0.29) is 12.1 Å². The molecule has 1 aliphatic heterocycles. The van der Waals surface area contributed by atoms with Crippen LogP contribution in [0.3, 0.4) is 0 Å². The standard InChI is InChI=1S/C23H23F6N2/c24-22(25,26)18-9-5-16(6-10-18)13-30-15-31(21-4-2-1-3-20(21)30)14-17-7-11-19(12-8-17)23(27,28)29/h5-12,15,20-21H,1-4,13-14H2/q+1/t20-,21-/m1/s1. The van der Waals surface area contributed by atoms with Gasteiger partial charge in [-0.25, -0.2) is 0 Å². The molecule has 0 spiro atoms. The Balaban J connectivity index is 1.50. The first kappa shape index (κ1) is 21.7. The molecular formula is C23H23F6N2+. The summed E-state index contributed by atoms with van der Waals surface area (Å²) >= 11 is 0. The van der Waals surface area contributed by atoms with E-state index in [1.807, 2.05) is 6.34 Å². The van der Waals surface area contributed by atoms with Gasteiger partial charge in [0.1, 0.15) is 25.2 Å². The van der Waals surface area contributed by atoms with Gasteiger partial charge in [-0.1, -0.05) is 24.3 Å². The molecular weight excluding hydrogens is 418 g/mol. The third kappa shape index (κ3) is 4.88. The van der Waals surface area contributed by atoms with E-state index in [4.69, 9.17) is 0 Å². The Bertz CT molecular complexity index is 929. The van der Waals surface area contributed by atoms with E-state index in [2.05, 4.69) is 9.48 Å². The molecule has 0 N–H and O–H groups in total. The highest BCUT2D eigenvalue weighted by Gasteiger charge is 2.43. The van der Waals surface area contributed by atoms with Crippen molar-refractivity contribution in [3.05, 3.63) is 70.8 Å². The van der Waals surface area contributed by atoms with Crippen LogP contribution in [-0.4, -0.2) is 27.9 Å². The zero-order valence-electron chi connectivity index (χ0n) is 16.8. The normalized spacial score (nSPS) is 21.7. The predicted octanol–water partition coefficient (Wildman–Crippen LogP) is 6.09. The zero-order chi connectivity index (χ0) is 22.2. The first-order chi connectivity index (χ1) is 14.6. The molecule has 2 nitrogen and oxygen atoms in total. The van der Waals surface area contributed by atoms with Gasteiger partial charge in [0, 0.05) is 0 Å². The Kier molecular flexibility index (Phi) is 5.75. The number of alkyl halides is 6. The van der Waals surface area contributed by atoms with E-state index in [9.17, 15) is 26.3 Å². The summed E-state index contributed by atoms with van der Waals surface area (Å²) in [4.78, 5) is 2.16. The van der Waals surface area contributed by atoms with Gasteiger partial charge in [0.05, 0.1) is 11.1 Å². The van der Waals surface area contributed by atoms with Gasteiger partial charge < -0.3 is 0 Å². The maximum Gasteiger partial charge on any atom is 0.416 e. The number of hydrogen-bond donors (Lipinski definition) is 0. The monoisotopic (exact) mass is 441 g/mol. The SMILES string of the molecule is FC(F)(F)c1ccc(CN2C=[N+](Cc3ccc(C(F)(F)F)cc3)[C@@H]3CCCC[C@H]32)cc1. The molecule has 1 heterocycles. The minimum atomic E-state index is -4.36. The minimum absolute atomic E-state index is 0.255. The second-order valence-electron chi connectivity index (χ2n) is 8.27. The highest BCUT2D eigenvalue weighted by molar-refractivity contribution is 5.52. The van der Waals surface area contributed by atoms with E-state index < -0.39 is 23.5 Å². The Hall–Kier alpha value is -2.51. The second-order valence-corrected chi connectivity index (χ2v) is 8.27. The Morgan fingerprint density at radius 2 is 1.26 bits per heavy atom. The third-order valence-corrected chi connectivity index (χ3v) is 6.14. The summed E-state index contributed by atoms with van der Waals surface area (Å²) in [5.74, 6) is 0. The van der Waals surface area contributed by atoms with Crippen LogP contribution in [0.2, 0.25) is 0 Å². The van der Waals surface area contributed by atoms with Gasteiger partial charge in [-0.15, -0.1) is 0 Å². The molecule has 0 radical (unpaired) electrons. The fourth-order valence-corrected chi connectivity index (χ4v) is 4.56. The fourth-order valence-electron chi connectivity index (χ4n) is 4.56. The average molecular weight is 441 g/mol. The van der Waals surface area contributed by atoms with Gasteiger partial charge in [0.25, 0.3) is 0 Å². The average Bonchev–Trinajstić information content (AvgIpc) is 3.05. The number of hydrogen-bond acceptors (Lipinski definition) is 1. The molecule has 8 heteroatoms. The number of halogens is 6. The van der Waals surface area contributed by atoms with Crippen LogP contribution >= 0.6 is 0 Å². The van der Waals surface area contributed by atoms with Gasteiger partial charge in [-0.2, -0.15) is 26.3 Å². The van der Waals surface area contributed by atoms with Crippen molar-refractivity contribution in [2.75, 3.05) is 0 Å². The van der Waals surface area contributed by atoms with Crippen LogP contribution in [0.1, 0.15) is 47.9 Å². The molecule has 2 aliphatic rings. The van der Waals surface area contributed by atoms with Crippen LogP contribution in [0, 0.1) is 0 Å². The smallest absolute Gasteiger partial charge is 0.257 e. The topological polar surface area (TPSA) is 6.25 Å². The number of rotatable bonds is 4. The lowest BCUT2D eigenvalue weighted by molar-refractivity contribution is -0.573. The maximum absolute atomic E-state index is 12.8. The summed E-state index contributed by atoms with van der Waals surface area (Å²) in [6, 6.07) is 10.9. The summed E-state index contributed by atoms with van der Waals surface area (Å²) in [6.07, 6.45) is -2.55. The molecule has 0 aromatic heterocycles. The van der Waals surface area contributed by atoms with Crippen molar-refractivity contribution in [3.8, 4) is 0 Å². The summed E-state index contributed by atoms with van der Waals surface area (Å²) in [6.45, 7) is 1.01. The number of benzene rings is 2. The highest BCUT2D eigenvalue weighted by atomic mass is 19.4. The lowest BCUT2D eigenvalue weighted by Crippen LogP contribution is -2.40. The van der Waals surface area contributed by atoms with E-state index in [1.165, 1.54) is 24.3 Å². The predicted molar refractivity (Wildman–Crippen MR) is 105 cm³/mol. The van der Waals surface area contributed by atoms with Crippen LogP contribution < -0.4 is 0 Å². The molecule has 0 bridgehead atoms. The first-order valence-corrected chi connectivity index (χ1v) is 10.3. The molecule has 31 heavy (non-hydrogen) atoms. The van der Waals surface area contributed by atoms with Gasteiger partial charge >= 0.3 is 12.4 Å². The van der Waals surface area contributed by atoms with Crippen LogP contribution in [0.15, 0.2) is 48.5 Å². The Labute approximate surface area is 176 Å². The van der Waals surface area contributed by atoms with Crippen LogP contribution in [0.5, 0.6) is 0 Å². The second kappa shape index (κ2) is 8.20.